The molecule has 4 aliphatic rings. The summed E-state index contributed by atoms with van der Waals surface area (Å²) in [5.74, 6) is 2.04. The molecule has 1 aromatic carbocycles. The molecular formula is C22H28N2O3. The number of piperidine rings is 1. The number of nitrogens with one attached hydrogen (secondary N) is 1. The third-order valence-electron chi connectivity index (χ3n) is 7.23. The molecule has 27 heavy (non-hydrogen) atoms. The minimum absolute atomic E-state index is 0.116. The molecule has 2 heterocycles. The lowest BCUT2D eigenvalue weighted by Crippen LogP contribution is -2.43. The zero-order valence-corrected chi connectivity index (χ0v) is 15.9. The molecule has 0 bridgehead atoms. The van der Waals surface area contributed by atoms with Crippen LogP contribution in [0.25, 0.3) is 0 Å². The number of benzene rings is 1. The van der Waals surface area contributed by atoms with Gasteiger partial charge in [-0.15, -0.1) is 0 Å². The van der Waals surface area contributed by atoms with Gasteiger partial charge < -0.3 is 15.0 Å². The fraction of sp³-hybridized carbons (Fsp3) is 0.636. The van der Waals surface area contributed by atoms with Gasteiger partial charge >= 0.3 is 6.09 Å². The number of carbonyl (C=O) groups is 2. The molecule has 0 spiro atoms. The molecule has 2 aliphatic carbocycles. The second-order valence-electron chi connectivity index (χ2n) is 9.11. The van der Waals surface area contributed by atoms with Gasteiger partial charge in [0, 0.05) is 19.6 Å². The molecule has 0 aromatic heterocycles. The SMILES string of the molecule is C[C@]12CN(C(=O)[C@@H]3CCCOC(=O)NC3)C[C@H]1[C@@H]2c1ccc(C2CC2)cc1. The predicted molar refractivity (Wildman–Crippen MR) is 101 cm³/mol. The molecule has 0 radical (unpaired) electrons. The lowest BCUT2D eigenvalue weighted by Gasteiger charge is -2.28. The zero-order chi connectivity index (χ0) is 18.6. The van der Waals surface area contributed by atoms with Crippen LogP contribution in [0.15, 0.2) is 24.3 Å². The second-order valence-corrected chi connectivity index (χ2v) is 9.11. The Bertz CT molecular complexity index is 757. The lowest BCUT2D eigenvalue weighted by molar-refractivity contribution is -0.135. The fourth-order valence-electron chi connectivity index (χ4n) is 5.40. The number of ether oxygens (including phenoxy) is 1. The summed E-state index contributed by atoms with van der Waals surface area (Å²) in [7, 11) is 0. The van der Waals surface area contributed by atoms with E-state index < -0.39 is 6.09 Å². The molecule has 1 aromatic rings. The number of amides is 2. The molecule has 2 saturated carbocycles. The standard InChI is InChI=1S/C22H28N2O3/c1-22-13-24(20(25)17-3-2-10-27-21(26)23-11-17)12-18(22)19(22)16-8-6-15(7-9-16)14-4-5-14/h6-9,14,17-19H,2-5,10-13H2,1H3,(H,23,26)/t17-,18+,19+,22+/m1/s1. The summed E-state index contributed by atoms with van der Waals surface area (Å²) in [4.78, 5) is 26.5. The number of likely N-dealkylation sites (tertiary alicyclic amines) is 1. The van der Waals surface area contributed by atoms with E-state index in [0.717, 1.165) is 31.8 Å². The molecule has 5 heteroatoms. The molecule has 144 valence electrons. The van der Waals surface area contributed by atoms with Gasteiger partial charge in [-0.05, 0) is 60.0 Å². The van der Waals surface area contributed by atoms with Crippen LogP contribution in [-0.4, -0.2) is 43.1 Å². The van der Waals surface area contributed by atoms with Gasteiger partial charge in [0.05, 0.1) is 12.5 Å². The minimum atomic E-state index is -0.404. The molecular weight excluding hydrogens is 340 g/mol. The maximum atomic E-state index is 13.0. The Labute approximate surface area is 160 Å². The molecule has 1 N–H and O–H groups in total. The molecule has 2 aliphatic heterocycles. The van der Waals surface area contributed by atoms with Crippen LogP contribution in [0.1, 0.15) is 55.6 Å². The van der Waals surface area contributed by atoms with E-state index in [-0.39, 0.29) is 17.2 Å². The average Bonchev–Trinajstić information content (AvgIpc) is 3.55. The highest BCUT2D eigenvalue weighted by Gasteiger charge is 2.66. The Kier molecular flexibility index (Phi) is 3.95. The van der Waals surface area contributed by atoms with Crippen LogP contribution in [0.2, 0.25) is 0 Å². The average molecular weight is 368 g/mol. The van der Waals surface area contributed by atoms with E-state index in [2.05, 4.69) is 36.5 Å². The third-order valence-corrected chi connectivity index (χ3v) is 7.23. The molecule has 4 atom stereocenters. The van der Waals surface area contributed by atoms with E-state index in [0.29, 0.717) is 25.0 Å². The molecule has 0 unspecified atom stereocenters. The van der Waals surface area contributed by atoms with Crippen molar-refractivity contribution in [2.24, 2.45) is 17.3 Å². The van der Waals surface area contributed by atoms with Gasteiger partial charge in [-0.2, -0.15) is 0 Å². The van der Waals surface area contributed by atoms with Crippen molar-refractivity contribution >= 4 is 12.0 Å². The van der Waals surface area contributed by atoms with Gasteiger partial charge in [-0.1, -0.05) is 31.2 Å². The Morgan fingerprint density at radius 1 is 1.19 bits per heavy atom. The van der Waals surface area contributed by atoms with Crippen molar-refractivity contribution < 1.29 is 14.3 Å². The lowest BCUT2D eigenvalue weighted by atomic mass is 9.97. The van der Waals surface area contributed by atoms with Crippen molar-refractivity contribution in [3.63, 3.8) is 0 Å². The van der Waals surface area contributed by atoms with E-state index in [4.69, 9.17) is 4.74 Å². The van der Waals surface area contributed by atoms with E-state index in [9.17, 15) is 9.59 Å². The van der Waals surface area contributed by atoms with E-state index in [1.165, 1.54) is 24.0 Å². The van der Waals surface area contributed by atoms with Crippen LogP contribution in [0.3, 0.4) is 0 Å². The van der Waals surface area contributed by atoms with Crippen molar-refractivity contribution in [1.82, 2.24) is 10.2 Å². The number of hydrogen-bond donors (Lipinski definition) is 1. The summed E-state index contributed by atoms with van der Waals surface area (Å²) < 4.78 is 4.99. The number of alkyl carbamates (subject to hydrolysis) is 1. The van der Waals surface area contributed by atoms with Crippen molar-refractivity contribution in [3.05, 3.63) is 35.4 Å². The van der Waals surface area contributed by atoms with Crippen LogP contribution in [-0.2, 0) is 9.53 Å². The number of hydrogen-bond acceptors (Lipinski definition) is 3. The molecule has 5 rings (SSSR count). The summed E-state index contributed by atoms with van der Waals surface area (Å²) in [6.07, 6.45) is 3.82. The first-order chi connectivity index (χ1) is 13.1. The monoisotopic (exact) mass is 368 g/mol. The summed E-state index contributed by atoms with van der Waals surface area (Å²) >= 11 is 0. The largest absolute Gasteiger partial charge is 0.450 e. The van der Waals surface area contributed by atoms with Gasteiger partial charge in [0.15, 0.2) is 0 Å². The van der Waals surface area contributed by atoms with Crippen molar-refractivity contribution in [3.8, 4) is 0 Å². The van der Waals surface area contributed by atoms with E-state index in [1.807, 2.05) is 4.90 Å². The van der Waals surface area contributed by atoms with Crippen LogP contribution in [0.4, 0.5) is 4.79 Å². The Balaban J connectivity index is 1.22. The Morgan fingerprint density at radius 2 is 1.93 bits per heavy atom. The highest BCUT2D eigenvalue weighted by molar-refractivity contribution is 5.80. The summed E-state index contributed by atoms with van der Waals surface area (Å²) in [5.41, 5.74) is 3.14. The van der Waals surface area contributed by atoms with Crippen LogP contribution in [0, 0.1) is 17.3 Å². The number of rotatable bonds is 3. The van der Waals surface area contributed by atoms with Gasteiger partial charge in [-0.25, -0.2) is 4.79 Å². The number of carbonyl (C=O) groups excluding carboxylic acids is 2. The summed E-state index contributed by atoms with van der Waals surface area (Å²) in [5, 5.41) is 2.72. The second kappa shape index (κ2) is 6.25. The summed E-state index contributed by atoms with van der Waals surface area (Å²) in [6.45, 7) is 4.81. The normalized spacial score (nSPS) is 35.5. The van der Waals surface area contributed by atoms with Gasteiger partial charge in [0.25, 0.3) is 0 Å². The topological polar surface area (TPSA) is 58.6 Å². The molecule has 4 fully saturated rings. The van der Waals surface area contributed by atoms with Crippen LogP contribution < -0.4 is 5.32 Å². The minimum Gasteiger partial charge on any atom is -0.450 e. The van der Waals surface area contributed by atoms with E-state index in [1.54, 1.807) is 0 Å². The highest BCUT2D eigenvalue weighted by Crippen LogP contribution is 2.68. The smallest absolute Gasteiger partial charge is 0.407 e. The van der Waals surface area contributed by atoms with Gasteiger partial charge in [0.1, 0.15) is 0 Å². The number of fused-ring (bicyclic) bond motifs is 1. The molecule has 5 nitrogen and oxygen atoms in total. The summed E-state index contributed by atoms with van der Waals surface area (Å²) in [6, 6.07) is 9.26. The first-order valence-electron chi connectivity index (χ1n) is 10.4. The maximum Gasteiger partial charge on any atom is 0.407 e. The van der Waals surface area contributed by atoms with Crippen molar-refractivity contribution in [2.75, 3.05) is 26.2 Å². The third kappa shape index (κ3) is 3.01. The predicted octanol–water partition coefficient (Wildman–Crippen LogP) is 3.26. The first kappa shape index (κ1) is 17.1. The van der Waals surface area contributed by atoms with Crippen molar-refractivity contribution in [2.45, 2.75) is 44.4 Å². The van der Waals surface area contributed by atoms with Crippen molar-refractivity contribution in [1.29, 1.82) is 0 Å². The fourth-order valence-corrected chi connectivity index (χ4v) is 5.40. The quantitative estimate of drug-likeness (QED) is 0.891. The first-order valence-corrected chi connectivity index (χ1v) is 10.4. The number of cyclic esters (lactones) is 1. The van der Waals surface area contributed by atoms with Crippen LogP contribution >= 0.6 is 0 Å². The Morgan fingerprint density at radius 3 is 2.59 bits per heavy atom. The van der Waals surface area contributed by atoms with Gasteiger partial charge in [0.2, 0.25) is 5.91 Å². The Hall–Kier alpha value is -2.04. The maximum absolute atomic E-state index is 13.0. The highest BCUT2D eigenvalue weighted by atomic mass is 16.5. The van der Waals surface area contributed by atoms with Crippen LogP contribution in [0.5, 0.6) is 0 Å². The molecule has 2 saturated heterocycles. The van der Waals surface area contributed by atoms with E-state index >= 15 is 0 Å². The number of nitrogens with zero attached hydrogens (tertiary/aromatic N) is 1. The zero-order valence-electron chi connectivity index (χ0n) is 15.9. The molecule has 2 amide bonds. The van der Waals surface area contributed by atoms with Gasteiger partial charge in [-0.3, -0.25) is 4.79 Å².